The number of carbonyl (C=O) groups is 3. The number of amides is 3. The molecule has 8 heteroatoms. The van der Waals surface area contributed by atoms with Gasteiger partial charge in [0.1, 0.15) is 0 Å². The van der Waals surface area contributed by atoms with E-state index in [4.69, 9.17) is 4.99 Å². The van der Waals surface area contributed by atoms with Crippen molar-refractivity contribution in [1.29, 1.82) is 0 Å². The first-order valence-corrected chi connectivity index (χ1v) is 13.3. The van der Waals surface area contributed by atoms with Crippen LogP contribution in [0.1, 0.15) is 36.8 Å². The van der Waals surface area contributed by atoms with Crippen molar-refractivity contribution < 1.29 is 14.4 Å². The minimum atomic E-state index is -1.23. The molecule has 1 aliphatic carbocycles. The largest absolute Gasteiger partial charge is 0.376 e. The molecule has 200 valence electrons. The second-order valence-electron chi connectivity index (χ2n) is 10.1. The molecule has 3 aromatic rings. The lowest BCUT2D eigenvalue weighted by molar-refractivity contribution is -0.125. The predicted molar refractivity (Wildman–Crippen MR) is 155 cm³/mol. The van der Waals surface area contributed by atoms with Crippen molar-refractivity contribution in [3.63, 3.8) is 0 Å². The highest BCUT2D eigenvalue weighted by Gasteiger charge is 2.35. The van der Waals surface area contributed by atoms with Gasteiger partial charge < -0.3 is 20.4 Å². The van der Waals surface area contributed by atoms with E-state index in [-0.39, 0.29) is 18.2 Å². The molecule has 0 bridgehead atoms. The Hall–Kier alpha value is -4.46. The molecule has 1 atom stereocenters. The monoisotopic (exact) mass is 523 g/mol. The van der Waals surface area contributed by atoms with E-state index >= 15 is 0 Å². The summed E-state index contributed by atoms with van der Waals surface area (Å²) in [5, 5.41) is 5.63. The molecule has 1 saturated carbocycles. The van der Waals surface area contributed by atoms with Crippen molar-refractivity contribution in [2.24, 2.45) is 10.9 Å². The molecule has 2 aliphatic rings. The van der Waals surface area contributed by atoms with E-state index < -0.39 is 18.1 Å². The number of fused-ring (bicyclic) bond motifs is 1. The van der Waals surface area contributed by atoms with Crippen LogP contribution in [0.3, 0.4) is 0 Å². The van der Waals surface area contributed by atoms with Gasteiger partial charge in [0.15, 0.2) is 5.78 Å². The van der Waals surface area contributed by atoms with E-state index in [9.17, 15) is 14.4 Å². The van der Waals surface area contributed by atoms with Crippen molar-refractivity contribution >= 4 is 40.5 Å². The van der Waals surface area contributed by atoms with E-state index in [1.165, 1.54) is 4.90 Å². The van der Waals surface area contributed by atoms with Crippen LogP contribution in [0.4, 0.5) is 21.9 Å². The van der Waals surface area contributed by atoms with Gasteiger partial charge in [0.25, 0.3) is 5.91 Å². The summed E-state index contributed by atoms with van der Waals surface area (Å²) in [6.07, 6.45) is 2.53. The second kappa shape index (κ2) is 11.5. The fourth-order valence-electron chi connectivity index (χ4n) is 5.30. The maximum Gasteiger partial charge on any atom is 0.321 e. The number of Topliss-reactive ketones (excluding diaryl/α,β-unsaturated/α-hetero) is 1. The van der Waals surface area contributed by atoms with Gasteiger partial charge in [0.05, 0.1) is 29.3 Å². The predicted octanol–water partition coefficient (Wildman–Crippen LogP) is 4.84. The van der Waals surface area contributed by atoms with Gasteiger partial charge in [-0.25, -0.2) is 9.79 Å². The highest BCUT2D eigenvalue weighted by molar-refractivity contribution is 6.21. The Morgan fingerprint density at radius 3 is 2.33 bits per heavy atom. The highest BCUT2D eigenvalue weighted by atomic mass is 16.2. The maximum atomic E-state index is 14.0. The number of hydrogen-bond acceptors (Lipinski definition) is 5. The summed E-state index contributed by atoms with van der Waals surface area (Å²) in [4.78, 5) is 48.7. The fourth-order valence-corrected chi connectivity index (χ4v) is 5.30. The van der Waals surface area contributed by atoms with Crippen molar-refractivity contribution in [2.75, 3.05) is 35.8 Å². The number of benzene rings is 3. The number of anilines is 3. The molecule has 1 heterocycles. The van der Waals surface area contributed by atoms with Gasteiger partial charge in [-0.05, 0) is 31.0 Å². The molecule has 2 N–H and O–H groups in total. The number of nitrogens with zero attached hydrogens (tertiary/aromatic N) is 3. The number of hydrogen-bond donors (Lipinski definition) is 2. The normalized spacial score (nSPS) is 17.2. The summed E-state index contributed by atoms with van der Waals surface area (Å²) in [7, 11) is 3.78. The molecule has 8 nitrogen and oxygen atoms in total. The summed E-state index contributed by atoms with van der Waals surface area (Å²) < 4.78 is 0. The van der Waals surface area contributed by atoms with Gasteiger partial charge >= 0.3 is 6.03 Å². The average molecular weight is 524 g/mol. The molecule has 1 fully saturated rings. The SMILES string of the molecule is CN(C)c1ccccc1NC(=O)NC1N=C(c2ccccc2)c2ccccc2N(CC(=O)C2CCCC2)C1=O. The zero-order valence-electron chi connectivity index (χ0n) is 22.3. The summed E-state index contributed by atoms with van der Waals surface area (Å²) in [5.41, 5.74) is 4.16. The number of urea groups is 1. The summed E-state index contributed by atoms with van der Waals surface area (Å²) in [6.45, 7) is -0.0542. The molecule has 3 amide bonds. The molecule has 39 heavy (non-hydrogen) atoms. The standard InChI is InChI=1S/C31H33N5O3/c1-35(2)26-19-11-9-17-24(26)32-31(39)34-29-30(38)36(20-27(37)21-12-6-7-13-21)25-18-10-8-16-23(25)28(33-29)22-14-4-3-5-15-22/h3-5,8-11,14-19,21,29H,6-7,12-13,20H2,1-2H3,(H2,32,34,39). The van der Waals surface area contributed by atoms with E-state index in [1.807, 2.05) is 91.8 Å². The summed E-state index contributed by atoms with van der Waals surface area (Å²) in [5.74, 6) is -0.447. The number of ketones is 1. The summed E-state index contributed by atoms with van der Waals surface area (Å²) >= 11 is 0. The number of carbonyl (C=O) groups excluding carboxylic acids is 3. The van der Waals surface area contributed by atoms with Crippen LogP contribution in [0, 0.1) is 5.92 Å². The lowest BCUT2D eigenvalue weighted by atomic mass is 9.99. The molecule has 1 unspecified atom stereocenters. The zero-order chi connectivity index (χ0) is 27.4. The first-order chi connectivity index (χ1) is 18.9. The molecular formula is C31H33N5O3. The molecule has 0 radical (unpaired) electrons. The van der Waals surface area contributed by atoms with E-state index in [0.717, 1.165) is 42.5 Å². The van der Waals surface area contributed by atoms with Crippen molar-refractivity contribution in [3.8, 4) is 0 Å². The van der Waals surface area contributed by atoms with Gasteiger partial charge in [-0.15, -0.1) is 0 Å². The number of nitrogens with one attached hydrogen (secondary N) is 2. The van der Waals surface area contributed by atoms with Gasteiger partial charge in [-0.1, -0.05) is 73.5 Å². The van der Waals surface area contributed by atoms with Gasteiger partial charge in [0.2, 0.25) is 6.17 Å². The minimum Gasteiger partial charge on any atom is -0.376 e. The van der Waals surface area contributed by atoms with Crippen LogP contribution in [-0.4, -0.2) is 50.2 Å². The van der Waals surface area contributed by atoms with Crippen LogP contribution in [0.25, 0.3) is 0 Å². The van der Waals surface area contributed by atoms with Crippen LogP contribution < -0.4 is 20.4 Å². The van der Waals surface area contributed by atoms with Crippen molar-refractivity contribution in [3.05, 3.63) is 90.0 Å². The third kappa shape index (κ3) is 5.70. The quantitative estimate of drug-likeness (QED) is 0.463. The first kappa shape index (κ1) is 26.2. The van der Waals surface area contributed by atoms with Crippen molar-refractivity contribution in [2.45, 2.75) is 31.8 Å². The Morgan fingerprint density at radius 1 is 0.923 bits per heavy atom. The van der Waals surface area contributed by atoms with Crippen LogP contribution in [0.5, 0.6) is 0 Å². The third-order valence-corrected chi connectivity index (χ3v) is 7.28. The Balaban J connectivity index is 1.51. The topological polar surface area (TPSA) is 94.1 Å². The molecule has 0 spiro atoms. The lowest BCUT2D eigenvalue weighted by Crippen LogP contribution is -2.50. The van der Waals surface area contributed by atoms with Gasteiger partial charge in [-0.2, -0.15) is 0 Å². The van der Waals surface area contributed by atoms with E-state index in [0.29, 0.717) is 17.1 Å². The number of benzodiazepines with no additional fused rings is 1. The first-order valence-electron chi connectivity index (χ1n) is 13.3. The van der Waals surface area contributed by atoms with E-state index in [1.54, 1.807) is 6.07 Å². The Morgan fingerprint density at radius 2 is 1.59 bits per heavy atom. The summed E-state index contributed by atoms with van der Waals surface area (Å²) in [6, 6.07) is 23.9. The fraction of sp³-hybridized carbons (Fsp3) is 0.290. The zero-order valence-corrected chi connectivity index (χ0v) is 22.3. The molecule has 0 aromatic heterocycles. The van der Waals surface area contributed by atoms with Crippen LogP contribution in [0.2, 0.25) is 0 Å². The van der Waals surface area contributed by atoms with Crippen LogP contribution in [0.15, 0.2) is 83.9 Å². The van der Waals surface area contributed by atoms with Gasteiger partial charge in [-0.3, -0.25) is 9.59 Å². The molecule has 1 aliphatic heterocycles. The van der Waals surface area contributed by atoms with Crippen LogP contribution in [-0.2, 0) is 9.59 Å². The van der Waals surface area contributed by atoms with Crippen LogP contribution >= 0.6 is 0 Å². The molecule has 3 aromatic carbocycles. The number of rotatable bonds is 7. The lowest BCUT2D eigenvalue weighted by Gasteiger charge is -2.26. The third-order valence-electron chi connectivity index (χ3n) is 7.28. The minimum absolute atomic E-state index is 0.0417. The highest BCUT2D eigenvalue weighted by Crippen LogP contribution is 2.31. The van der Waals surface area contributed by atoms with Crippen molar-refractivity contribution in [1.82, 2.24) is 5.32 Å². The van der Waals surface area contributed by atoms with Gasteiger partial charge in [0, 0.05) is 31.1 Å². The Labute approximate surface area is 228 Å². The molecule has 0 saturated heterocycles. The number of aliphatic imine (C=N–C) groups is 1. The maximum absolute atomic E-state index is 14.0. The Bertz CT molecular complexity index is 1400. The Kier molecular flexibility index (Phi) is 7.72. The number of para-hydroxylation sites is 3. The average Bonchev–Trinajstić information content (AvgIpc) is 3.46. The molecular weight excluding hydrogens is 490 g/mol. The second-order valence-corrected chi connectivity index (χ2v) is 10.1. The smallest absolute Gasteiger partial charge is 0.321 e. The molecule has 5 rings (SSSR count). The van der Waals surface area contributed by atoms with E-state index in [2.05, 4.69) is 10.6 Å².